The normalized spacial score (nSPS) is 16.1. The van der Waals surface area contributed by atoms with Gasteiger partial charge in [-0.1, -0.05) is 0 Å². The van der Waals surface area contributed by atoms with Crippen LogP contribution in [-0.4, -0.2) is 40.8 Å². The molecule has 0 amide bonds. The molecular weight excluding hydrogens is 277 g/mol. The molecule has 0 bridgehead atoms. The molecule has 1 aromatic rings. The molecule has 0 aliphatic carbocycles. The first-order valence-corrected chi connectivity index (χ1v) is 6.15. The van der Waals surface area contributed by atoms with Crippen LogP contribution in [0.15, 0.2) is 0 Å². The lowest BCUT2D eigenvalue weighted by Gasteiger charge is -2.26. The van der Waals surface area contributed by atoms with E-state index in [4.69, 9.17) is 5.84 Å². The Hall–Kier alpha value is -1.84. The number of aromatic nitrogens is 3. The van der Waals surface area contributed by atoms with Gasteiger partial charge in [0.2, 0.25) is 11.9 Å². The summed E-state index contributed by atoms with van der Waals surface area (Å²) in [6.07, 6.45) is -1.37. The molecular formula is C10H15F3N6O. The Morgan fingerprint density at radius 1 is 1.15 bits per heavy atom. The molecule has 112 valence electrons. The summed E-state index contributed by atoms with van der Waals surface area (Å²) in [6, 6.07) is -0.397. The smallest absolute Gasteiger partial charge is 0.422 e. The maximum absolute atomic E-state index is 12.1. The molecule has 3 N–H and O–H groups in total. The Morgan fingerprint density at radius 2 is 1.85 bits per heavy atom. The molecule has 2 heterocycles. The van der Waals surface area contributed by atoms with E-state index >= 15 is 0 Å². The number of nitrogen functional groups attached to an aromatic ring is 1. The van der Waals surface area contributed by atoms with E-state index in [0.29, 0.717) is 0 Å². The summed E-state index contributed by atoms with van der Waals surface area (Å²) in [5, 5.41) is 0. The van der Waals surface area contributed by atoms with Crippen LogP contribution in [0.2, 0.25) is 0 Å². The molecule has 1 fully saturated rings. The molecule has 0 radical (unpaired) electrons. The minimum absolute atomic E-state index is 0.0299. The van der Waals surface area contributed by atoms with Gasteiger partial charge in [-0.05, 0) is 19.3 Å². The molecule has 20 heavy (non-hydrogen) atoms. The van der Waals surface area contributed by atoms with Gasteiger partial charge in [0.05, 0.1) is 0 Å². The van der Waals surface area contributed by atoms with Gasteiger partial charge in [0.15, 0.2) is 6.61 Å². The van der Waals surface area contributed by atoms with E-state index in [1.54, 1.807) is 0 Å². The molecule has 10 heteroatoms. The average Bonchev–Trinajstić information content (AvgIpc) is 2.45. The number of anilines is 2. The monoisotopic (exact) mass is 292 g/mol. The van der Waals surface area contributed by atoms with Gasteiger partial charge in [-0.2, -0.15) is 28.1 Å². The zero-order chi connectivity index (χ0) is 14.6. The van der Waals surface area contributed by atoms with Crippen LogP contribution in [0.4, 0.5) is 25.1 Å². The van der Waals surface area contributed by atoms with Crippen molar-refractivity contribution < 1.29 is 17.9 Å². The third-order valence-electron chi connectivity index (χ3n) is 2.74. The van der Waals surface area contributed by atoms with Gasteiger partial charge in [-0.25, -0.2) is 5.84 Å². The van der Waals surface area contributed by atoms with Crippen molar-refractivity contribution in [2.75, 3.05) is 30.0 Å². The topological polar surface area (TPSA) is 89.2 Å². The van der Waals surface area contributed by atoms with E-state index in [-0.39, 0.29) is 11.9 Å². The van der Waals surface area contributed by atoms with Crippen molar-refractivity contribution in [3.63, 3.8) is 0 Å². The second kappa shape index (κ2) is 6.07. The van der Waals surface area contributed by atoms with Crippen LogP contribution in [-0.2, 0) is 0 Å². The molecule has 1 aliphatic rings. The van der Waals surface area contributed by atoms with Gasteiger partial charge in [-0.15, -0.1) is 0 Å². The van der Waals surface area contributed by atoms with Crippen molar-refractivity contribution in [2.24, 2.45) is 5.84 Å². The Morgan fingerprint density at radius 3 is 2.45 bits per heavy atom. The Balaban J connectivity index is 2.15. The molecule has 0 atom stereocenters. The fourth-order valence-electron chi connectivity index (χ4n) is 1.86. The van der Waals surface area contributed by atoms with Gasteiger partial charge in [0, 0.05) is 13.1 Å². The van der Waals surface area contributed by atoms with Crippen molar-refractivity contribution in [1.82, 2.24) is 15.0 Å². The minimum atomic E-state index is -4.45. The predicted octanol–water partition coefficient (Wildman–Crippen LogP) is 1.09. The van der Waals surface area contributed by atoms with E-state index in [0.717, 1.165) is 32.4 Å². The Kier molecular flexibility index (Phi) is 4.42. The highest BCUT2D eigenvalue weighted by atomic mass is 19.4. The van der Waals surface area contributed by atoms with Gasteiger partial charge in [0.1, 0.15) is 0 Å². The summed E-state index contributed by atoms with van der Waals surface area (Å²) in [5.41, 5.74) is 2.19. The van der Waals surface area contributed by atoms with E-state index in [2.05, 4.69) is 25.1 Å². The summed E-state index contributed by atoms with van der Waals surface area (Å²) in [5.74, 6) is 5.44. The number of rotatable bonds is 4. The van der Waals surface area contributed by atoms with Crippen molar-refractivity contribution >= 4 is 11.9 Å². The largest absolute Gasteiger partial charge is 0.454 e. The molecule has 0 unspecified atom stereocenters. The number of nitrogens with two attached hydrogens (primary N) is 1. The number of halogens is 3. The zero-order valence-electron chi connectivity index (χ0n) is 10.7. The number of ether oxygens (including phenoxy) is 1. The zero-order valence-corrected chi connectivity index (χ0v) is 10.7. The standard InChI is InChI=1S/C10H15F3N6O/c11-10(12,13)6-20-9-16-7(18-14)15-8(17-9)19-4-2-1-3-5-19/h1-6,14H2,(H,15,16,17,18). The fourth-order valence-corrected chi connectivity index (χ4v) is 1.86. The summed E-state index contributed by atoms with van der Waals surface area (Å²) < 4.78 is 40.9. The van der Waals surface area contributed by atoms with Gasteiger partial charge >= 0.3 is 12.2 Å². The lowest BCUT2D eigenvalue weighted by atomic mass is 10.1. The van der Waals surface area contributed by atoms with Gasteiger partial charge in [0.25, 0.3) is 0 Å². The summed E-state index contributed by atoms with van der Waals surface area (Å²) in [4.78, 5) is 13.4. The fraction of sp³-hybridized carbons (Fsp3) is 0.700. The van der Waals surface area contributed by atoms with Crippen LogP contribution >= 0.6 is 0 Å². The third-order valence-corrected chi connectivity index (χ3v) is 2.74. The highest BCUT2D eigenvalue weighted by molar-refractivity contribution is 5.37. The second-order valence-electron chi connectivity index (χ2n) is 4.34. The highest BCUT2D eigenvalue weighted by Gasteiger charge is 2.29. The molecule has 0 saturated carbocycles. The number of hydrazine groups is 1. The molecule has 1 aliphatic heterocycles. The Labute approximate surface area is 113 Å². The lowest BCUT2D eigenvalue weighted by molar-refractivity contribution is -0.154. The van der Waals surface area contributed by atoms with Crippen molar-refractivity contribution in [3.8, 4) is 6.01 Å². The number of piperidine rings is 1. The molecule has 1 saturated heterocycles. The van der Waals surface area contributed by atoms with Crippen LogP contribution < -0.4 is 20.9 Å². The third kappa shape index (κ3) is 4.08. The first-order chi connectivity index (χ1) is 9.48. The number of nitrogens with one attached hydrogen (secondary N) is 1. The quantitative estimate of drug-likeness (QED) is 0.634. The first-order valence-electron chi connectivity index (χ1n) is 6.15. The Bertz CT molecular complexity index is 449. The number of nitrogens with zero attached hydrogens (tertiary/aromatic N) is 4. The highest BCUT2D eigenvalue weighted by Crippen LogP contribution is 2.21. The molecule has 7 nitrogen and oxygen atoms in total. The summed E-state index contributed by atoms with van der Waals surface area (Å²) >= 11 is 0. The van der Waals surface area contributed by atoms with E-state index in [1.807, 2.05) is 4.90 Å². The maximum Gasteiger partial charge on any atom is 0.422 e. The van der Waals surface area contributed by atoms with Crippen molar-refractivity contribution in [3.05, 3.63) is 0 Å². The average molecular weight is 292 g/mol. The van der Waals surface area contributed by atoms with E-state index in [1.165, 1.54) is 0 Å². The SMILES string of the molecule is NNc1nc(OCC(F)(F)F)nc(N2CCCCC2)n1. The van der Waals surface area contributed by atoms with Crippen LogP contribution in [0, 0.1) is 0 Å². The molecule has 0 spiro atoms. The molecule has 2 rings (SSSR count). The molecule has 0 aromatic carbocycles. The second-order valence-corrected chi connectivity index (χ2v) is 4.34. The van der Waals surface area contributed by atoms with E-state index < -0.39 is 18.8 Å². The van der Waals surface area contributed by atoms with Crippen molar-refractivity contribution in [1.29, 1.82) is 0 Å². The van der Waals surface area contributed by atoms with Crippen molar-refractivity contribution in [2.45, 2.75) is 25.4 Å². The number of alkyl halides is 3. The minimum Gasteiger partial charge on any atom is -0.454 e. The van der Waals surface area contributed by atoms with Gasteiger partial charge < -0.3 is 9.64 Å². The van der Waals surface area contributed by atoms with Crippen LogP contribution in [0.25, 0.3) is 0 Å². The maximum atomic E-state index is 12.1. The predicted molar refractivity (Wildman–Crippen MR) is 65.3 cm³/mol. The molecule has 1 aromatic heterocycles. The lowest BCUT2D eigenvalue weighted by Crippen LogP contribution is -2.32. The van der Waals surface area contributed by atoms with Crippen LogP contribution in [0.1, 0.15) is 19.3 Å². The number of hydrogen-bond acceptors (Lipinski definition) is 7. The van der Waals surface area contributed by atoms with Crippen LogP contribution in [0.3, 0.4) is 0 Å². The summed E-state index contributed by atoms with van der Waals surface area (Å²) in [6.45, 7) is 0.0277. The summed E-state index contributed by atoms with van der Waals surface area (Å²) in [7, 11) is 0. The first kappa shape index (κ1) is 14.6. The van der Waals surface area contributed by atoms with E-state index in [9.17, 15) is 13.2 Å². The van der Waals surface area contributed by atoms with Crippen LogP contribution in [0.5, 0.6) is 6.01 Å². The van der Waals surface area contributed by atoms with Gasteiger partial charge in [-0.3, -0.25) is 5.43 Å². The number of hydrogen-bond donors (Lipinski definition) is 2.